The lowest BCUT2D eigenvalue weighted by atomic mass is 10.0. The zero-order valence-corrected chi connectivity index (χ0v) is 14.2. The summed E-state index contributed by atoms with van der Waals surface area (Å²) in [5.74, 6) is 0.300. The van der Waals surface area contributed by atoms with Crippen LogP contribution in [0.15, 0.2) is 18.6 Å². The number of piperidine rings is 1. The third-order valence-corrected chi connectivity index (χ3v) is 4.66. The summed E-state index contributed by atoms with van der Waals surface area (Å²) in [7, 11) is 1.79. The number of alkyl halides is 3. The van der Waals surface area contributed by atoms with Gasteiger partial charge in [-0.2, -0.15) is 18.3 Å². The standard InChI is InChI=1S/C16H21F3N6/c1-11-12(7-22-23-11)8-25-5-3-4-13(9-25)24(2)15-6-14(16(17,18)19)20-10-21-15/h6-7,10,13H,3-5,8-9H2,1-2H3,(H,22,23). The van der Waals surface area contributed by atoms with Gasteiger partial charge in [-0.05, 0) is 26.3 Å². The van der Waals surface area contributed by atoms with Gasteiger partial charge in [0.05, 0.1) is 6.20 Å². The van der Waals surface area contributed by atoms with Crippen LogP contribution in [0, 0.1) is 6.92 Å². The molecule has 2 aromatic heterocycles. The van der Waals surface area contributed by atoms with Gasteiger partial charge in [-0.3, -0.25) is 10.00 Å². The number of hydrogen-bond donors (Lipinski definition) is 1. The van der Waals surface area contributed by atoms with Gasteiger partial charge >= 0.3 is 6.18 Å². The Labute approximate surface area is 144 Å². The van der Waals surface area contributed by atoms with Crippen LogP contribution < -0.4 is 4.90 Å². The van der Waals surface area contributed by atoms with Gasteiger partial charge in [-0.15, -0.1) is 0 Å². The van der Waals surface area contributed by atoms with E-state index in [1.165, 1.54) is 0 Å². The molecule has 1 aliphatic rings. The van der Waals surface area contributed by atoms with E-state index < -0.39 is 11.9 Å². The van der Waals surface area contributed by atoms with Gasteiger partial charge < -0.3 is 4.90 Å². The Balaban J connectivity index is 1.69. The number of anilines is 1. The molecular weight excluding hydrogens is 333 g/mol. The molecule has 136 valence electrons. The molecule has 0 radical (unpaired) electrons. The Kier molecular flexibility index (Phi) is 4.94. The van der Waals surface area contributed by atoms with Crippen molar-refractivity contribution in [3.8, 4) is 0 Å². The molecule has 1 saturated heterocycles. The second kappa shape index (κ2) is 6.99. The van der Waals surface area contributed by atoms with Crippen LogP contribution in [0.3, 0.4) is 0 Å². The second-order valence-electron chi connectivity index (χ2n) is 6.42. The number of aryl methyl sites for hydroxylation is 1. The van der Waals surface area contributed by atoms with Crippen LogP contribution in [-0.2, 0) is 12.7 Å². The van der Waals surface area contributed by atoms with Gasteiger partial charge in [0.25, 0.3) is 0 Å². The number of H-pyrrole nitrogens is 1. The molecule has 1 N–H and O–H groups in total. The minimum atomic E-state index is -4.46. The predicted octanol–water partition coefficient (Wildman–Crippen LogP) is 2.63. The molecule has 9 heteroatoms. The van der Waals surface area contributed by atoms with Crippen LogP contribution in [0.4, 0.5) is 19.0 Å². The van der Waals surface area contributed by atoms with Crippen molar-refractivity contribution in [2.75, 3.05) is 25.0 Å². The molecule has 0 spiro atoms. The van der Waals surface area contributed by atoms with E-state index in [1.807, 2.05) is 18.0 Å². The van der Waals surface area contributed by atoms with E-state index in [0.29, 0.717) is 5.82 Å². The molecule has 3 rings (SSSR count). The zero-order chi connectivity index (χ0) is 18.0. The van der Waals surface area contributed by atoms with Crippen LogP contribution in [0.5, 0.6) is 0 Å². The summed E-state index contributed by atoms with van der Waals surface area (Å²) in [6.07, 6.45) is 0.245. The largest absolute Gasteiger partial charge is 0.433 e. The molecule has 3 heterocycles. The van der Waals surface area contributed by atoms with Gasteiger partial charge in [0.2, 0.25) is 0 Å². The number of likely N-dealkylation sites (N-methyl/N-ethyl adjacent to an activating group) is 1. The molecule has 0 aromatic carbocycles. The number of rotatable bonds is 4. The Bertz CT molecular complexity index is 714. The van der Waals surface area contributed by atoms with Crippen molar-refractivity contribution in [3.63, 3.8) is 0 Å². The van der Waals surface area contributed by atoms with Crippen molar-refractivity contribution in [3.05, 3.63) is 35.5 Å². The first-order valence-electron chi connectivity index (χ1n) is 8.18. The van der Waals surface area contributed by atoms with E-state index >= 15 is 0 Å². The van der Waals surface area contributed by atoms with Crippen LogP contribution in [-0.4, -0.2) is 51.2 Å². The van der Waals surface area contributed by atoms with Crippen molar-refractivity contribution in [1.29, 1.82) is 0 Å². The summed E-state index contributed by atoms with van der Waals surface area (Å²) in [5, 5.41) is 6.96. The first-order chi connectivity index (χ1) is 11.8. The molecular formula is C16H21F3N6. The Morgan fingerprint density at radius 2 is 2.16 bits per heavy atom. The number of nitrogens with zero attached hydrogens (tertiary/aromatic N) is 5. The van der Waals surface area contributed by atoms with E-state index in [9.17, 15) is 13.2 Å². The molecule has 2 aromatic rings. The minimum Gasteiger partial charge on any atom is -0.355 e. The van der Waals surface area contributed by atoms with Crippen molar-refractivity contribution < 1.29 is 13.2 Å². The van der Waals surface area contributed by atoms with Gasteiger partial charge in [-0.1, -0.05) is 0 Å². The van der Waals surface area contributed by atoms with Gasteiger partial charge in [0.15, 0.2) is 0 Å². The highest BCUT2D eigenvalue weighted by atomic mass is 19.4. The molecule has 25 heavy (non-hydrogen) atoms. The number of hydrogen-bond acceptors (Lipinski definition) is 5. The van der Waals surface area contributed by atoms with Crippen LogP contribution in [0.1, 0.15) is 29.8 Å². The van der Waals surface area contributed by atoms with Gasteiger partial charge in [-0.25, -0.2) is 9.97 Å². The highest BCUT2D eigenvalue weighted by Gasteiger charge is 2.34. The highest BCUT2D eigenvalue weighted by Crippen LogP contribution is 2.30. The third-order valence-electron chi connectivity index (χ3n) is 4.66. The lowest BCUT2D eigenvalue weighted by molar-refractivity contribution is -0.141. The van der Waals surface area contributed by atoms with Gasteiger partial charge in [0, 0.05) is 43.5 Å². The summed E-state index contributed by atoms with van der Waals surface area (Å²) in [6.45, 7) is 4.50. The number of likely N-dealkylation sites (tertiary alicyclic amines) is 1. The van der Waals surface area contributed by atoms with Gasteiger partial charge in [0.1, 0.15) is 17.8 Å². The Morgan fingerprint density at radius 1 is 1.36 bits per heavy atom. The molecule has 0 amide bonds. The maximum Gasteiger partial charge on any atom is 0.433 e. The predicted molar refractivity (Wildman–Crippen MR) is 87.1 cm³/mol. The quantitative estimate of drug-likeness (QED) is 0.915. The summed E-state index contributed by atoms with van der Waals surface area (Å²) in [4.78, 5) is 11.5. The fraction of sp³-hybridized carbons (Fsp3) is 0.562. The second-order valence-corrected chi connectivity index (χ2v) is 6.42. The fourth-order valence-corrected chi connectivity index (χ4v) is 3.15. The monoisotopic (exact) mass is 354 g/mol. The summed E-state index contributed by atoms with van der Waals surface area (Å²) < 4.78 is 38.6. The summed E-state index contributed by atoms with van der Waals surface area (Å²) >= 11 is 0. The Morgan fingerprint density at radius 3 is 2.84 bits per heavy atom. The summed E-state index contributed by atoms with van der Waals surface area (Å²) in [5.41, 5.74) is 1.27. The average Bonchev–Trinajstić information content (AvgIpc) is 2.99. The van der Waals surface area contributed by atoms with Crippen molar-refractivity contribution in [1.82, 2.24) is 25.1 Å². The van der Waals surface area contributed by atoms with E-state index in [4.69, 9.17) is 0 Å². The maximum absolute atomic E-state index is 12.9. The van der Waals surface area contributed by atoms with Crippen LogP contribution in [0.2, 0.25) is 0 Å². The molecule has 0 bridgehead atoms. The van der Waals surface area contributed by atoms with Crippen LogP contribution >= 0.6 is 0 Å². The first kappa shape index (κ1) is 17.7. The smallest absolute Gasteiger partial charge is 0.355 e. The molecule has 1 atom stereocenters. The number of aromatic amines is 1. The average molecular weight is 354 g/mol. The van der Waals surface area contributed by atoms with E-state index in [1.54, 1.807) is 7.05 Å². The van der Waals surface area contributed by atoms with Crippen LogP contribution in [0.25, 0.3) is 0 Å². The SMILES string of the molecule is Cc1[nH]ncc1CN1CCCC(N(C)c2cc(C(F)(F)F)ncn2)C1. The van der Waals surface area contributed by atoms with Crippen molar-refractivity contribution >= 4 is 5.82 Å². The Hall–Kier alpha value is -2.16. The number of halogens is 3. The summed E-state index contributed by atoms with van der Waals surface area (Å²) in [6, 6.07) is 1.12. The number of aromatic nitrogens is 4. The van der Waals surface area contributed by atoms with Crippen molar-refractivity contribution in [2.24, 2.45) is 0 Å². The molecule has 6 nitrogen and oxygen atoms in total. The highest BCUT2D eigenvalue weighted by molar-refractivity contribution is 5.40. The minimum absolute atomic E-state index is 0.108. The molecule has 0 saturated carbocycles. The van der Waals surface area contributed by atoms with Crippen molar-refractivity contribution in [2.45, 2.75) is 38.5 Å². The maximum atomic E-state index is 12.9. The number of nitrogens with one attached hydrogen (secondary N) is 1. The fourth-order valence-electron chi connectivity index (χ4n) is 3.15. The molecule has 1 unspecified atom stereocenters. The molecule has 0 aliphatic carbocycles. The zero-order valence-electron chi connectivity index (χ0n) is 14.2. The molecule has 1 aliphatic heterocycles. The lowest BCUT2D eigenvalue weighted by Crippen LogP contribution is -2.46. The topological polar surface area (TPSA) is 60.9 Å². The molecule has 1 fully saturated rings. The van der Waals surface area contributed by atoms with E-state index in [2.05, 4.69) is 25.1 Å². The van der Waals surface area contributed by atoms with E-state index in [-0.39, 0.29) is 6.04 Å². The third kappa shape index (κ3) is 4.09. The normalized spacial score (nSPS) is 19.2. The lowest BCUT2D eigenvalue weighted by Gasteiger charge is -2.38. The van der Waals surface area contributed by atoms with E-state index in [0.717, 1.165) is 56.1 Å². The first-order valence-corrected chi connectivity index (χ1v) is 8.18.